The minimum absolute atomic E-state index is 0.293. The third-order valence-electron chi connectivity index (χ3n) is 1.82. The van der Waals surface area contributed by atoms with Gasteiger partial charge < -0.3 is 9.47 Å². The lowest BCUT2D eigenvalue weighted by Gasteiger charge is -2.13. The van der Waals surface area contributed by atoms with Crippen molar-refractivity contribution in [2.75, 3.05) is 6.61 Å². The van der Waals surface area contributed by atoms with Crippen LogP contribution in [-0.4, -0.2) is 18.7 Å². The van der Waals surface area contributed by atoms with Crippen LogP contribution in [0.15, 0.2) is 22.7 Å². The Hall–Kier alpha value is -1.10. The van der Waals surface area contributed by atoms with E-state index < -0.39 is 12.1 Å². The molecule has 0 amide bonds. The fourth-order valence-corrected chi connectivity index (χ4v) is 1.42. The molecule has 88 valence electrons. The Morgan fingerprint density at radius 3 is 2.81 bits per heavy atom. The zero-order valence-electron chi connectivity index (χ0n) is 9.00. The van der Waals surface area contributed by atoms with Gasteiger partial charge in [0, 0.05) is 0 Å². The van der Waals surface area contributed by atoms with Gasteiger partial charge in [-0.25, -0.2) is 9.18 Å². The van der Waals surface area contributed by atoms with E-state index in [9.17, 15) is 9.18 Å². The molecule has 0 bridgehead atoms. The summed E-state index contributed by atoms with van der Waals surface area (Å²) in [5, 5.41) is 0. The Bertz CT molecular complexity index is 381. The quantitative estimate of drug-likeness (QED) is 0.800. The second kappa shape index (κ2) is 5.84. The summed E-state index contributed by atoms with van der Waals surface area (Å²) in [4.78, 5) is 11.3. The van der Waals surface area contributed by atoms with Gasteiger partial charge in [-0.15, -0.1) is 0 Å². The highest BCUT2D eigenvalue weighted by Gasteiger charge is 2.15. The lowest BCUT2D eigenvalue weighted by Crippen LogP contribution is -2.26. The van der Waals surface area contributed by atoms with E-state index in [1.807, 2.05) is 0 Å². The largest absolute Gasteiger partial charge is 0.479 e. The summed E-state index contributed by atoms with van der Waals surface area (Å²) in [6, 6.07) is 4.18. The molecular weight excluding hydrogens is 279 g/mol. The van der Waals surface area contributed by atoms with E-state index in [1.165, 1.54) is 18.2 Å². The first kappa shape index (κ1) is 13.0. The molecule has 0 aliphatic rings. The molecule has 16 heavy (non-hydrogen) atoms. The van der Waals surface area contributed by atoms with Gasteiger partial charge in [-0.1, -0.05) is 0 Å². The number of hydrogen-bond donors (Lipinski definition) is 0. The van der Waals surface area contributed by atoms with Crippen molar-refractivity contribution in [1.29, 1.82) is 0 Å². The molecule has 0 N–H and O–H groups in total. The van der Waals surface area contributed by atoms with Crippen LogP contribution >= 0.6 is 15.9 Å². The summed E-state index contributed by atoms with van der Waals surface area (Å²) in [6.07, 6.45) is -0.711. The van der Waals surface area contributed by atoms with Crippen molar-refractivity contribution < 1.29 is 18.7 Å². The number of rotatable bonds is 4. The van der Waals surface area contributed by atoms with Gasteiger partial charge in [-0.05, 0) is 48.0 Å². The third-order valence-corrected chi connectivity index (χ3v) is 2.43. The first-order valence-corrected chi connectivity index (χ1v) is 5.62. The van der Waals surface area contributed by atoms with Crippen molar-refractivity contribution in [1.82, 2.24) is 0 Å². The van der Waals surface area contributed by atoms with Crippen LogP contribution in [0.25, 0.3) is 0 Å². The van der Waals surface area contributed by atoms with Gasteiger partial charge in [0.25, 0.3) is 0 Å². The molecule has 1 rings (SSSR count). The van der Waals surface area contributed by atoms with Gasteiger partial charge in [0.1, 0.15) is 11.6 Å². The Labute approximate surface area is 102 Å². The Kier molecular flexibility index (Phi) is 4.73. The van der Waals surface area contributed by atoms with Gasteiger partial charge in [-0.3, -0.25) is 0 Å². The van der Waals surface area contributed by atoms with Gasteiger partial charge in [0.2, 0.25) is 0 Å². The molecule has 1 aromatic carbocycles. The minimum Gasteiger partial charge on any atom is -0.479 e. The number of halogens is 2. The highest BCUT2D eigenvalue weighted by molar-refractivity contribution is 9.10. The SMILES string of the molecule is CCOC(=O)C(C)Oc1ccc(F)c(Br)c1. The second-order valence-corrected chi connectivity index (χ2v) is 3.94. The van der Waals surface area contributed by atoms with E-state index in [2.05, 4.69) is 15.9 Å². The van der Waals surface area contributed by atoms with E-state index in [0.717, 1.165) is 0 Å². The van der Waals surface area contributed by atoms with Crippen molar-refractivity contribution in [2.45, 2.75) is 20.0 Å². The van der Waals surface area contributed by atoms with E-state index in [0.29, 0.717) is 16.8 Å². The predicted molar refractivity (Wildman–Crippen MR) is 60.8 cm³/mol. The minimum atomic E-state index is -0.711. The number of carbonyl (C=O) groups is 1. The third kappa shape index (κ3) is 3.48. The Morgan fingerprint density at radius 2 is 2.25 bits per heavy atom. The van der Waals surface area contributed by atoms with E-state index in [1.54, 1.807) is 13.8 Å². The van der Waals surface area contributed by atoms with E-state index >= 15 is 0 Å². The number of ether oxygens (including phenoxy) is 2. The zero-order valence-corrected chi connectivity index (χ0v) is 10.6. The van der Waals surface area contributed by atoms with Crippen LogP contribution in [0.2, 0.25) is 0 Å². The maximum absolute atomic E-state index is 12.9. The van der Waals surface area contributed by atoms with Crippen molar-refractivity contribution in [3.8, 4) is 5.75 Å². The maximum Gasteiger partial charge on any atom is 0.347 e. The Morgan fingerprint density at radius 1 is 1.56 bits per heavy atom. The first-order valence-electron chi connectivity index (χ1n) is 4.83. The zero-order chi connectivity index (χ0) is 12.1. The average Bonchev–Trinajstić information content (AvgIpc) is 2.24. The topological polar surface area (TPSA) is 35.5 Å². The summed E-state index contributed by atoms with van der Waals surface area (Å²) < 4.78 is 23.3. The van der Waals surface area contributed by atoms with Crippen molar-refractivity contribution >= 4 is 21.9 Å². The van der Waals surface area contributed by atoms with Crippen LogP contribution in [0.5, 0.6) is 5.75 Å². The summed E-state index contributed by atoms with van der Waals surface area (Å²) in [7, 11) is 0. The molecule has 1 unspecified atom stereocenters. The van der Waals surface area contributed by atoms with E-state index in [4.69, 9.17) is 9.47 Å². The molecule has 0 fully saturated rings. The lowest BCUT2D eigenvalue weighted by molar-refractivity contribution is -0.150. The van der Waals surface area contributed by atoms with Crippen LogP contribution in [0, 0.1) is 5.82 Å². The molecule has 0 aromatic heterocycles. The molecule has 1 aromatic rings. The molecule has 0 saturated carbocycles. The first-order chi connectivity index (χ1) is 7.54. The maximum atomic E-state index is 12.9. The summed E-state index contributed by atoms with van der Waals surface area (Å²) >= 11 is 3.03. The molecule has 3 nitrogen and oxygen atoms in total. The Balaban J connectivity index is 2.66. The highest BCUT2D eigenvalue weighted by Crippen LogP contribution is 2.22. The number of esters is 1. The molecule has 0 radical (unpaired) electrons. The van der Waals surface area contributed by atoms with Crippen molar-refractivity contribution in [2.24, 2.45) is 0 Å². The lowest BCUT2D eigenvalue weighted by atomic mass is 10.3. The van der Waals surface area contributed by atoms with Gasteiger partial charge in [0.15, 0.2) is 6.10 Å². The molecule has 0 spiro atoms. The fraction of sp³-hybridized carbons (Fsp3) is 0.364. The van der Waals surface area contributed by atoms with Crippen LogP contribution in [0.1, 0.15) is 13.8 Å². The predicted octanol–water partition coefficient (Wildman–Crippen LogP) is 2.92. The van der Waals surface area contributed by atoms with Gasteiger partial charge in [-0.2, -0.15) is 0 Å². The molecule has 0 aliphatic heterocycles. The van der Waals surface area contributed by atoms with Crippen LogP contribution in [0.4, 0.5) is 4.39 Å². The standard InChI is InChI=1S/C11H12BrFO3/c1-3-15-11(14)7(2)16-8-4-5-10(13)9(12)6-8/h4-7H,3H2,1-2H3. The normalized spacial score (nSPS) is 12.0. The average molecular weight is 291 g/mol. The van der Waals surface area contributed by atoms with Crippen molar-refractivity contribution in [3.05, 3.63) is 28.5 Å². The molecular formula is C11H12BrFO3. The fourth-order valence-electron chi connectivity index (χ4n) is 1.06. The van der Waals surface area contributed by atoms with Gasteiger partial charge >= 0.3 is 5.97 Å². The summed E-state index contributed by atoms with van der Waals surface area (Å²) in [5.41, 5.74) is 0. The van der Waals surface area contributed by atoms with Crippen LogP contribution in [0.3, 0.4) is 0 Å². The monoisotopic (exact) mass is 290 g/mol. The second-order valence-electron chi connectivity index (χ2n) is 3.09. The molecule has 0 saturated heterocycles. The van der Waals surface area contributed by atoms with Crippen molar-refractivity contribution in [3.63, 3.8) is 0 Å². The number of hydrogen-bond acceptors (Lipinski definition) is 3. The number of carbonyl (C=O) groups excluding carboxylic acids is 1. The molecule has 5 heteroatoms. The van der Waals surface area contributed by atoms with Crippen LogP contribution < -0.4 is 4.74 Å². The van der Waals surface area contributed by atoms with Gasteiger partial charge in [0.05, 0.1) is 11.1 Å². The molecule has 0 heterocycles. The summed E-state index contributed by atoms with van der Waals surface area (Å²) in [5.74, 6) is -0.409. The molecule has 0 aliphatic carbocycles. The molecule has 1 atom stereocenters. The van der Waals surface area contributed by atoms with Crippen LogP contribution in [-0.2, 0) is 9.53 Å². The summed E-state index contributed by atoms with van der Waals surface area (Å²) in [6.45, 7) is 3.61. The highest BCUT2D eigenvalue weighted by atomic mass is 79.9. The number of benzene rings is 1. The smallest absolute Gasteiger partial charge is 0.347 e. The van der Waals surface area contributed by atoms with E-state index in [-0.39, 0.29) is 5.82 Å².